The van der Waals surface area contributed by atoms with Gasteiger partial charge in [0.1, 0.15) is 0 Å². The van der Waals surface area contributed by atoms with Gasteiger partial charge in [0.2, 0.25) is 0 Å². The first-order valence-corrected chi connectivity index (χ1v) is 4.02. The highest BCUT2D eigenvalue weighted by molar-refractivity contribution is 5.93. The summed E-state index contributed by atoms with van der Waals surface area (Å²) in [6.45, 7) is 4.87. The highest BCUT2D eigenvalue weighted by Gasteiger charge is 2.30. The van der Waals surface area contributed by atoms with Crippen LogP contribution in [0, 0.1) is 0 Å². The van der Waals surface area contributed by atoms with E-state index in [9.17, 15) is 9.90 Å². The third-order valence-corrected chi connectivity index (χ3v) is 1.85. The molecule has 1 aliphatic heterocycles. The predicted molar refractivity (Wildman–Crippen MR) is 44.6 cm³/mol. The van der Waals surface area contributed by atoms with Gasteiger partial charge in [0.25, 0.3) is 0 Å². The Morgan fingerprint density at radius 1 is 1.83 bits per heavy atom. The third kappa shape index (κ3) is 2.16. The molecule has 0 bridgehead atoms. The molecule has 3 heteroatoms. The lowest BCUT2D eigenvalue weighted by atomic mass is 9.98. The second-order valence-electron chi connectivity index (χ2n) is 3.42. The van der Waals surface area contributed by atoms with Crippen molar-refractivity contribution in [2.45, 2.75) is 39.1 Å². The lowest BCUT2D eigenvalue weighted by Crippen LogP contribution is -2.36. The van der Waals surface area contributed by atoms with Crippen LogP contribution in [0.1, 0.15) is 27.2 Å². The minimum absolute atomic E-state index is 0.00502. The second-order valence-corrected chi connectivity index (χ2v) is 3.42. The Labute approximate surface area is 72.0 Å². The van der Waals surface area contributed by atoms with Gasteiger partial charge in [0, 0.05) is 6.42 Å². The number of Topliss-reactive ketones (excluding diaryl/α,β-unsaturated/α-hetero) is 1. The molecule has 1 N–H and O–H groups in total. The van der Waals surface area contributed by atoms with Crippen molar-refractivity contribution in [2.24, 2.45) is 0 Å². The zero-order chi connectivity index (χ0) is 9.35. The van der Waals surface area contributed by atoms with E-state index in [0.717, 1.165) is 0 Å². The number of carbonyl (C=O) groups is 1. The molecule has 0 fully saturated rings. The predicted octanol–water partition coefficient (Wildman–Crippen LogP) is 1.02. The van der Waals surface area contributed by atoms with Crippen LogP contribution in [-0.4, -0.2) is 22.8 Å². The average Bonchev–Trinajstić information content (AvgIpc) is 1.82. The van der Waals surface area contributed by atoms with Crippen molar-refractivity contribution in [1.82, 2.24) is 0 Å². The van der Waals surface area contributed by atoms with Crippen LogP contribution in [0.2, 0.25) is 0 Å². The van der Waals surface area contributed by atoms with Crippen LogP contribution >= 0.6 is 0 Å². The topological polar surface area (TPSA) is 46.5 Å². The van der Waals surface area contributed by atoms with Gasteiger partial charge in [-0.05, 0) is 32.4 Å². The molecule has 0 radical (unpaired) electrons. The first kappa shape index (κ1) is 9.42. The molecule has 0 amide bonds. The molecule has 1 aliphatic rings. The molecular formula is C9H14O3. The summed E-state index contributed by atoms with van der Waals surface area (Å²) in [5, 5.41) is 9.55. The van der Waals surface area contributed by atoms with Crippen LogP contribution in [0.4, 0.5) is 0 Å². The summed E-state index contributed by atoms with van der Waals surface area (Å²) in [5.74, 6) is -1.18. The first-order valence-electron chi connectivity index (χ1n) is 4.02. The van der Waals surface area contributed by atoms with Gasteiger partial charge < -0.3 is 9.84 Å². The smallest absolute Gasteiger partial charge is 0.167 e. The van der Waals surface area contributed by atoms with Gasteiger partial charge in [0.05, 0.1) is 6.10 Å². The third-order valence-electron chi connectivity index (χ3n) is 1.85. The Morgan fingerprint density at radius 3 is 2.83 bits per heavy atom. The van der Waals surface area contributed by atoms with Crippen molar-refractivity contribution in [2.75, 3.05) is 0 Å². The van der Waals surface area contributed by atoms with Gasteiger partial charge in [-0.1, -0.05) is 0 Å². The van der Waals surface area contributed by atoms with Crippen molar-refractivity contribution in [3.8, 4) is 0 Å². The summed E-state index contributed by atoms with van der Waals surface area (Å²) in [6.07, 6.45) is 1.85. The van der Waals surface area contributed by atoms with Gasteiger partial charge in [-0.3, -0.25) is 4.79 Å². The van der Waals surface area contributed by atoms with Crippen LogP contribution in [0.15, 0.2) is 11.6 Å². The van der Waals surface area contributed by atoms with Crippen LogP contribution in [0.25, 0.3) is 0 Å². The van der Waals surface area contributed by atoms with E-state index in [1.165, 1.54) is 6.92 Å². The number of ether oxygens (including phenoxy) is 1. The van der Waals surface area contributed by atoms with Crippen LogP contribution in [0.3, 0.4) is 0 Å². The Hall–Kier alpha value is -0.670. The zero-order valence-electron chi connectivity index (χ0n) is 7.63. The van der Waals surface area contributed by atoms with Crippen molar-refractivity contribution < 1.29 is 14.6 Å². The number of hydrogen-bond acceptors (Lipinski definition) is 3. The van der Waals surface area contributed by atoms with E-state index in [1.807, 2.05) is 0 Å². The fourth-order valence-corrected chi connectivity index (χ4v) is 1.41. The number of carbonyl (C=O) groups excluding carboxylic acids is 1. The monoisotopic (exact) mass is 170 g/mol. The summed E-state index contributed by atoms with van der Waals surface area (Å²) >= 11 is 0. The average molecular weight is 170 g/mol. The Bertz CT molecular complexity index is 228. The van der Waals surface area contributed by atoms with Crippen LogP contribution in [-0.2, 0) is 9.53 Å². The fraction of sp³-hybridized carbons (Fsp3) is 0.667. The van der Waals surface area contributed by atoms with E-state index in [1.54, 1.807) is 19.9 Å². The minimum atomic E-state index is -1.19. The maximum Gasteiger partial charge on any atom is 0.167 e. The largest absolute Gasteiger partial charge is 0.365 e. The maximum atomic E-state index is 11.0. The molecule has 0 aliphatic carbocycles. The standard InChI is InChI=1S/C9H14O3/c1-6-4-8(7(2)10)5-9(3,11)12-6/h4,6,11H,5H2,1-3H3. The summed E-state index contributed by atoms with van der Waals surface area (Å²) in [6, 6.07) is 0. The Kier molecular flexibility index (Phi) is 2.35. The highest BCUT2D eigenvalue weighted by Crippen LogP contribution is 2.26. The Balaban J connectivity index is 2.83. The molecule has 0 saturated carbocycles. The number of ketones is 1. The molecule has 0 spiro atoms. The molecular weight excluding hydrogens is 156 g/mol. The van der Waals surface area contributed by atoms with Crippen LogP contribution in [0.5, 0.6) is 0 Å². The SMILES string of the molecule is CC(=O)C1=CC(C)OC(C)(O)C1. The number of hydrogen-bond donors (Lipinski definition) is 1. The van der Waals surface area contributed by atoms with E-state index < -0.39 is 5.79 Å². The molecule has 0 aromatic rings. The molecule has 12 heavy (non-hydrogen) atoms. The van der Waals surface area contributed by atoms with Crippen LogP contribution < -0.4 is 0 Å². The summed E-state index contributed by atoms with van der Waals surface area (Å²) < 4.78 is 5.18. The van der Waals surface area contributed by atoms with Crippen molar-refractivity contribution in [3.63, 3.8) is 0 Å². The molecule has 1 heterocycles. The first-order chi connectivity index (χ1) is 5.41. The van der Waals surface area contributed by atoms with Gasteiger partial charge in [0.15, 0.2) is 11.6 Å². The molecule has 2 atom stereocenters. The van der Waals surface area contributed by atoms with E-state index in [4.69, 9.17) is 4.74 Å². The maximum absolute atomic E-state index is 11.0. The molecule has 1 rings (SSSR count). The normalized spacial score (nSPS) is 36.0. The summed E-state index contributed by atoms with van der Waals surface area (Å²) in [7, 11) is 0. The lowest BCUT2D eigenvalue weighted by Gasteiger charge is -2.31. The molecule has 0 aromatic carbocycles. The highest BCUT2D eigenvalue weighted by atomic mass is 16.6. The number of rotatable bonds is 1. The van der Waals surface area contributed by atoms with Crippen molar-refractivity contribution in [3.05, 3.63) is 11.6 Å². The lowest BCUT2D eigenvalue weighted by molar-refractivity contribution is -0.209. The second kappa shape index (κ2) is 2.99. The molecule has 2 unspecified atom stereocenters. The molecule has 3 nitrogen and oxygen atoms in total. The fourth-order valence-electron chi connectivity index (χ4n) is 1.41. The summed E-state index contributed by atoms with van der Waals surface area (Å²) in [5.41, 5.74) is 0.652. The molecule has 0 saturated heterocycles. The van der Waals surface area contributed by atoms with E-state index >= 15 is 0 Å². The van der Waals surface area contributed by atoms with E-state index in [0.29, 0.717) is 5.57 Å². The summed E-state index contributed by atoms with van der Waals surface area (Å²) in [4.78, 5) is 11.0. The van der Waals surface area contributed by atoms with E-state index in [2.05, 4.69) is 0 Å². The molecule has 68 valence electrons. The zero-order valence-corrected chi connectivity index (χ0v) is 7.63. The Morgan fingerprint density at radius 2 is 2.42 bits per heavy atom. The number of aliphatic hydroxyl groups is 1. The van der Waals surface area contributed by atoms with Gasteiger partial charge in [-0.2, -0.15) is 0 Å². The molecule has 0 aromatic heterocycles. The van der Waals surface area contributed by atoms with Gasteiger partial charge in [-0.25, -0.2) is 0 Å². The minimum Gasteiger partial charge on any atom is -0.365 e. The quantitative estimate of drug-likeness (QED) is 0.639. The van der Waals surface area contributed by atoms with Gasteiger partial charge in [-0.15, -0.1) is 0 Å². The van der Waals surface area contributed by atoms with E-state index in [-0.39, 0.29) is 18.3 Å². The van der Waals surface area contributed by atoms with Crippen molar-refractivity contribution >= 4 is 5.78 Å². The van der Waals surface area contributed by atoms with Crippen molar-refractivity contribution in [1.29, 1.82) is 0 Å². The van der Waals surface area contributed by atoms with Gasteiger partial charge >= 0.3 is 0 Å².